The molecule has 1 atom stereocenters. The zero-order chi connectivity index (χ0) is 16.0. The average Bonchev–Trinajstić information content (AvgIpc) is 2.40. The lowest BCUT2D eigenvalue weighted by Crippen LogP contribution is -2.43. The summed E-state index contributed by atoms with van der Waals surface area (Å²) in [5.41, 5.74) is 0.293. The van der Waals surface area contributed by atoms with Gasteiger partial charge in [0.2, 0.25) is 0 Å². The summed E-state index contributed by atoms with van der Waals surface area (Å²) >= 11 is 0. The van der Waals surface area contributed by atoms with Crippen LogP contribution in [-0.2, 0) is 6.54 Å². The topological polar surface area (TPSA) is 70.6 Å². The lowest BCUT2D eigenvalue weighted by atomic mass is 9.89. The Morgan fingerprint density at radius 2 is 2.00 bits per heavy atom. The van der Waals surface area contributed by atoms with Crippen molar-refractivity contribution in [1.29, 1.82) is 0 Å². The predicted molar refractivity (Wildman–Crippen MR) is 78.7 cm³/mol. The highest BCUT2D eigenvalue weighted by atomic mass is 19.1. The Bertz CT molecular complexity index is 486. The molecule has 0 fully saturated rings. The van der Waals surface area contributed by atoms with Crippen molar-refractivity contribution in [1.82, 2.24) is 10.6 Å². The van der Waals surface area contributed by atoms with Crippen LogP contribution in [0.25, 0.3) is 0 Å². The molecule has 0 aliphatic heterocycles. The van der Waals surface area contributed by atoms with Crippen LogP contribution in [0.1, 0.15) is 26.3 Å². The summed E-state index contributed by atoms with van der Waals surface area (Å²) in [4.78, 5) is 11.6. The van der Waals surface area contributed by atoms with E-state index in [1.54, 1.807) is 6.07 Å². The number of methoxy groups -OCH3 is 1. The molecule has 0 aliphatic rings. The van der Waals surface area contributed by atoms with Gasteiger partial charge >= 0.3 is 6.03 Å². The van der Waals surface area contributed by atoms with Gasteiger partial charge in [0, 0.05) is 19.2 Å². The van der Waals surface area contributed by atoms with Crippen LogP contribution in [0.2, 0.25) is 0 Å². The molecular weight excluding hydrogens is 275 g/mol. The second-order valence-electron chi connectivity index (χ2n) is 5.94. The second kappa shape index (κ2) is 7.26. The van der Waals surface area contributed by atoms with E-state index in [0.717, 1.165) is 0 Å². The molecule has 6 heteroatoms. The van der Waals surface area contributed by atoms with E-state index in [-0.39, 0.29) is 18.5 Å². The molecule has 0 spiro atoms. The molecule has 3 N–H and O–H groups in total. The van der Waals surface area contributed by atoms with Crippen molar-refractivity contribution in [2.45, 2.75) is 33.4 Å². The van der Waals surface area contributed by atoms with Gasteiger partial charge in [-0.25, -0.2) is 9.18 Å². The first-order valence-electron chi connectivity index (χ1n) is 6.75. The van der Waals surface area contributed by atoms with Gasteiger partial charge in [0.05, 0.1) is 13.2 Å². The first-order valence-corrected chi connectivity index (χ1v) is 6.75. The average molecular weight is 298 g/mol. The molecule has 0 bridgehead atoms. The molecule has 1 aromatic carbocycles. The predicted octanol–water partition coefficient (Wildman–Crippen LogP) is 2.04. The van der Waals surface area contributed by atoms with Gasteiger partial charge in [-0.05, 0) is 23.1 Å². The molecule has 0 saturated heterocycles. The first-order chi connectivity index (χ1) is 9.72. The molecule has 118 valence electrons. The number of hydrogen-bond donors (Lipinski definition) is 3. The third-order valence-electron chi connectivity index (χ3n) is 3.08. The van der Waals surface area contributed by atoms with E-state index < -0.39 is 18.0 Å². The van der Waals surface area contributed by atoms with Crippen molar-refractivity contribution in [3.05, 3.63) is 29.6 Å². The SMILES string of the molecule is COc1cc(F)cc(CNC(=O)NCC(O)C(C)(C)C)c1. The summed E-state index contributed by atoms with van der Waals surface area (Å²) < 4.78 is 18.2. The maximum Gasteiger partial charge on any atom is 0.315 e. The minimum atomic E-state index is -0.641. The second-order valence-corrected chi connectivity index (χ2v) is 5.94. The van der Waals surface area contributed by atoms with Crippen LogP contribution in [0.15, 0.2) is 18.2 Å². The number of carbonyl (C=O) groups excluding carboxylic acids is 1. The summed E-state index contributed by atoms with van der Waals surface area (Å²) in [6, 6.07) is 3.82. The third-order valence-corrected chi connectivity index (χ3v) is 3.08. The zero-order valence-electron chi connectivity index (χ0n) is 12.9. The van der Waals surface area contributed by atoms with Crippen LogP contribution < -0.4 is 15.4 Å². The highest BCUT2D eigenvalue weighted by Gasteiger charge is 2.22. The molecule has 2 amide bonds. The molecule has 1 unspecified atom stereocenters. The van der Waals surface area contributed by atoms with Gasteiger partial charge in [0.25, 0.3) is 0 Å². The van der Waals surface area contributed by atoms with Gasteiger partial charge in [0.15, 0.2) is 0 Å². The van der Waals surface area contributed by atoms with E-state index in [1.165, 1.54) is 19.2 Å². The number of nitrogens with one attached hydrogen (secondary N) is 2. The number of urea groups is 1. The molecule has 21 heavy (non-hydrogen) atoms. The number of halogens is 1. The van der Waals surface area contributed by atoms with E-state index in [4.69, 9.17) is 4.74 Å². The maximum absolute atomic E-state index is 13.3. The summed E-state index contributed by atoms with van der Waals surface area (Å²) in [6.07, 6.45) is -0.641. The summed E-state index contributed by atoms with van der Waals surface area (Å²) in [5, 5.41) is 15.0. The lowest BCUT2D eigenvalue weighted by Gasteiger charge is -2.25. The Hall–Kier alpha value is -1.82. The van der Waals surface area contributed by atoms with E-state index in [2.05, 4.69) is 10.6 Å². The Kier molecular flexibility index (Phi) is 5.96. The highest BCUT2D eigenvalue weighted by molar-refractivity contribution is 5.73. The van der Waals surface area contributed by atoms with Crippen molar-refractivity contribution in [2.75, 3.05) is 13.7 Å². The molecule has 1 rings (SSSR count). The van der Waals surface area contributed by atoms with E-state index in [0.29, 0.717) is 11.3 Å². The lowest BCUT2D eigenvalue weighted by molar-refractivity contribution is 0.0650. The van der Waals surface area contributed by atoms with Crippen molar-refractivity contribution in [3.63, 3.8) is 0 Å². The van der Waals surface area contributed by atoms with Crippen LogP contribution in [-0.4, -0.2) is 30.9 Å². The van der Waals surface area contributed by atoms with Crippen LogP contribution in [0.4, 0.5) is 9.18 Å². The normalized spacial score (nSPS) is 12.7. The van der Waals surface area contributed by atoms with Gasteiger partial charge in [-0.1, -0.05) is 20.8 Å². The van der Waals surface area contributed by atoms with Crippen LogP contribution >= 0.6 is 0 Å². The molecule has 1 aromatic rings. The fourth-order valence-corrected chi connectivity index (χ4v) is 1.58. The number of aliphatic hydroxyl groups is 1. The monoisotopic (exact) mass is 298 g/mol. The van der Waals surface area contributed by atoms with E-state index in [9.17, 15) is 14.3 Å². The minimum Gasteiger partial charge on any atom is -0.497 e. The summed E-state index contributed by atoms with van der Waals surface area (Å²) in [5.74, 6) is -0.0231. The van der Waals surface area contributed by atoms with Gasteiger partial charge in [-0.15, -0.1) is 0 Å². The fourth-order valence-electron chi connectivity index (χ4n) is 1.58. The van der Waals surface area contributed by atoms with Crippen molar-refractivity contribution < 1.29 is 19.0 Å². The minimum absolute atomic E-state index is 0.155. The molecule has 0 saturated carbocycles. The van der Waals surface area contributed by atoms with Crippen LogP contribution in [0.5, 0.6) is 5.75 Å². The fraction of sp³-hybridized carbons (Fsp3) is 0.533. The number of amides is 2. The number of ether oxygens (including phenoxy) is 1. The molecule has 5 nitrogen and oxygen atoms in total. The molecule has 0 aromatic heterocycles. The van der Waals surface area contributed by atoms with Crippen molar-refractivity contribution >= 4 is 6.03 Å². The zero-order valence-corrected chi connectivity index (χ0v) is 12.9. The highest BCUT2D eigenvalue weighted by Crippen LogP contribution is 2.18. The van der Waals surface area contributed by atoms with E-state index in [1.807, 2.05) is 20.8 Å². The molecule has 0 aliphatic carbocycles. The first kappa shape index (κ1) is 17.2. The smallest absolute Gasteiger partial charge is 0.315 e. The Labute approximate surface area is 124 Å². The number of rotatable bonds is 5. The van der Waals surface area contributed by atoms with Gasteiger partial charge in [-0.3, -0.25) is 0 Å². The quantitative estimate of drug-likeness (QED) is 0.779. The van der Waals surface area contributed by atoms with Crippen molar-refractivity contribution in [2.24, 2.45) is 5.41 Å². The Morgan fingerprint density at radius 3 is 2.57 bits per heavy atom. The Morgan fingerprint density at radius 1 is 1.33 bits per heavy atom. The number of aliphatic hydroxyl groups excluding tert-OH is 1. The Balaban J connectivity index is 2.45. The third kappa shape index (κ3) is 5.99. The van der Waals surface area contributed by atoms with Crippen LogP contribution in [0, 0.1) is 11.2 Å². The number of hydrogen-bond acceptors (Lipinski definition) is 3. The molecular formula is C15H23FN2O3. The largest absolute Gasteiger partial charge is 0.497 e. The molecule has 0 radical (unpaired) electrons. The van der Waals surface area contributed by atoms with Gasteiger partial charge in [-0.2, -0.15) is 0 Å². The summed E-state index contributed by atoms with van der Waals surface area (Å²) in [7, 11) is 1.45. The standard InChI is InChI=1S/C15H23FN2O3/c1-15(2,3)13(19)9-18-14(20)17-8-10-5-11(16)7-12(6-10)21-4/h5-7,13,19H,8-9H2,1-4H3,(H2,17,18,20). The van der Waals surface area contributed by atoms with Gasteiger partial charge < -0.3 is 20.5 Å². The number of benzene rings is 1. The summed E-state index contributed by atoms with van der Waals surface area (Å²) in [6.45, 7) is 5.98. The maximum atomic E-state index is 13.3. The van der Waals surface area contributed by atoms with Crippen molar-refractivity contribution in [3.8, 4) is 5.75 Å². The number of carbonyl (C=O) groups is 1. The van der Waals surface area contributed by atoms with Crippen LogP contribution in [0.3, 0.4) is 0 Å². The van der Waals surface area contributed by atoms with Gasteiger partial charge in [0.1, 0.15) is 11.6 Å². The van der Waals surface area contributed by atoms with E-state index >= 15 is 0 Å². The molecule has 0 heterocycles.